The van der Waals surface area contributed by atoms with Gasteiger partial charge < -0.3 is 14.4 Å². The van der Waals surface area contributed by atoms with Crippen molar-refractivity contribution < 1.29 is 23.9 Å². The lowest BCUT2D eigenvalue weighted by molar-refractivity contribution is -0.151. The number of halogens is 1. The van der Waals surface area contributed by atoms with Crippen LogP contribution in [-0.2, 0) is 23.9 Å². The molecule has 7 heteroatoms. The number of rotatable bonds is 5. The van der Waals surface area contributed by atoms with Gasteiger partial charge in [-0.2, -0.15) is 0 Å². The highest BCUT2D eigenvalue weighted by molar-refractivity contribution is 6.32. The average Bonchev–Trinajstić information content (AvgIpc) is 2.65. The Labute approximate surface area is 151 Å². The maximum absolute atomic E-state index is 12.1. The molecule has 0 saturated carbocycles. The van der Waals surface area contributed by atoms with Gasteiger partial charge >= 0.3 is 11.9 Å². The molecule has 6 nitrogen and oxygen atoms in total. The number of likely N-dealkylation sites (tertiary alicyclic amines) is 1. The fourth-order valence-electron chi connectivity index (χ4n) is 2.57. The summed E-state index contributed by atoms with van der Waals surface area (Å²) in [6.45, 7) is 0.575. The van der Waals surface area contributed by atoms with Crippen LogP contribution in [0.15, 0.2) is 30.3 Å². The largest absolute Gasteiger partial charge is 0.469 e. The minimum atomic E-state index is -0.613. The summed E-state index contributed by atoms with van der Waals surface area (Å²) in [5.74, 6) is -1.31. The molecule has 1 aromatic carbocycles. The SMILES string of the molecule is COC(=O)C1CCN(C(=O)COC(=O)/C=C/c2ccccc2Cl)CC1. The van der Waals surface area contributed by atoms with Crippen LogP contribution in [0, 0.1) is 5.92 Å². The zero-order chi connectivity index (χ0) is 18.2. The van der Waals surface area contributed by atoms with Crippen molar-refractivity contribution in [3.05, 3.63) is 40.9 Å². The summed E-state index contributed by atoms with van der Waals surface area (Å²) in [4.78, 5) is 36.8. The van der Waals surface area contributed by atoms with Crippen molar-refractivity contribution in [1.82, 2.24) is 4.90 Å². The van der Waals surface area contributed by atoms with E-state index in [2.05, 4.69) is 0 Å². The lowest BCUT2D eigenvalue weighted by Gasteiger charge is -2.30. The number of esters is 2. The van der Waals surface area contributed by atoms with Crippen LogP contribution in [0.3, 0.4) is 0 Å². The molecule has 0 spiro atoms. The van der Waals surface area contributed by atoms with E-state index in [-0.39, 0.29) is 24.4 Å². The molecular formula is C18H20ClNO5. The molecule has 0 radical (unpaired) electrons. The minimum absolute atomic E-state index is 0.171. The average molecular weight is 366 g/mol. The van der Waals surface area contributed by atoms with E-state index in [4.69, 9.17) is 21.1 Å². The van der Waals surface area contributed by atoms with Gasteiger partial charge in [0.2, 0.25) is 0 Å². The highest BCUT2D eigenvalue weighted by Gasteiger charge is 2.28. The van der Waals surface area contributed by atoms with Gasteiger partial charge in [-0.1, -0.05) is 29.8 Å². The molecule has 0 N–H and O–H groups in total. The third-order valence-electron chi connectivity index (χ3n) is 4.02. The number of hydrogen-bond acceptors (Lipinski definition) is 5. The Balaban J connectivity index is 1.76. The molecule has 0 bridgehead atoms. The molecule has 134 valence electrons. The Morgan fingerprint density at radius 3 is 2.56 bits per heavy atom. The van der Waals surface area contributed by atoms with Crippen molar-refractivity contribution in [1.29, 1.82) is 0 Å². The second-order valence-electron chi connectivity index (χ2n) is 5.64. The predicted molar refractivity (Wildman–Crippen MR) is 92.8 cm³/mol. The predicted octanol–water partition coefficient (Wildman–Crippen LogP) is 2.31. The van der Waals surface area contributed by atoms with Gasteiger partial charge in [0.25, 0.3) is 5.91 Å². The van der Waals surface area contributed by atoms with Crippen molar-refractivity contribution in [2.75, 3.05) is 26.8 Å². The number of amides is 1. The van der Waals surface area contributed by atoms with Crippen LogP contribution in [0.1, 0.15) is 18.4 Å². The fourth-order valence-corrected chi connectivity index (χ4v) is 2.77. The Morgan fingerprint density at radius 2 is 1.92 bits per heavy atom. The van der Waals surface area contributed by atoms with Gasteiger partial charge in [-0.15, -0.1) is 0 Å². The molecule has 25 heavy (non-hydrogen) atoms. The number of hydrogen-bond donors (Lipinski definition) is 0. The third kappa shape index (κ3) is 5.60. The Bertz CT molecular complexity index is 665. The van der Waals surface area contributed by atoms with Gasteiger partial charge in [-0.25, -0.2) is 4.79 Å². The second kappa shape index (κ2) is 9.22. The first kappa shape index (κ1) is 19.0. The molecule has 1 aromatic rings. The maximum atomic E-state index is 12.1. The lowest BCUT2D eigenvalue weighted by atomic mass is 9.97. The van der Waals surface area contributed by atoms with Crippen molar-refractivity contribution in [3.8, 4) is 0 Å². The monoisotopic (exact) mass is 365 g/mol. The maximum Gasteiger partial charge on any atom is 0.331 e. The third-order valence-corrected chi connectivity index (χ3v) is 4.37. The van der Waals surface area contributed by atoms with Gasteiger partial charge in [-0.05, 0) is 30.5 Å². The topological polar surface area (TPSA) is 72.9 Å². The Kier molecular flexibility index (Phi) is 7.01. The van der Waals surface area contributed by atoms with Gasteiger partial charge in [-0.3, -0.25) is 9.59 Å². The van der Waals surface area contributed by atoms with E-state index in [9.17, 15) is 14.4 Å². The van der Waals surface area contributed by atoms with Gasteiger partial charge in [0.05, 0.1) is 13.0 Å². The zero-order valence-electron chi connectivity index (χ0n) is 13.9. The Hall–Kier alpha value is -2.34. The lowest BCUT2D eigenvalue weighted by Crippen LogP contribution is -2.42. The summed E-state index contributed by atoms with van der Waals surface area (Å²) >= 11 is 5.98. The normalized spacial score (nSPS) is 15.2. The van der Waals surface area contributed by atoms with E-state index in [0.717, 1.165) is 0 Å². The number of carbonyl (C=O) groups excluding carboxylic acids is 3. The van der Waals surface area contributed by atoms with Crippen molar-refractivity contribution in [2.45, 2.75) is 12.8 Å². The molecule has 0 atom stereocenters. The zero-order valence-corrected chi connectivity index (χ0v) is 14.7. The van der Waals surface area contributed by atoms with Crippen molar-refractivity contribution >= 4 is 35.5 Å². The molecule has 1 saturated heterocycles. The van der Waals surface area contributed by atoms with Crippen LogP contribution in [0.25, 0.3) is 6.08 Å². The molecule has 2 rings (SSSR count). The summed E-state index contributed by atoms with van der Waals surface area (Å²) in [7, 11) is 1.36. The molecule has 1 aliphatic heterocycles. The second-order valence-corrected chi connectivity index (χ2v) is 6.05. The molecule has 1 aliphatic rings. The van der Waals surface area contributed by atoms with Gasteiger partial charge in [0.1, 0.15) is 0 Å². The molecule has 1 heterocycles. The van der Waals surface area contributed by atoms with Crippen LogP contribution >= 0.6 is 11.6 Å². The highest BCUT2D eigenvalue weighted by atomic mass is 35.5. The van der Waals surface area contributed by atoms with Crippen LogP contribution in [0.4, 0.5) is 0 Å². The molecule has 0 aromatic heterocycles. The molecule has 1 amide bonds. The van der Waals surface area contributed by atoms with E-state index in [1.54, 1.807) is 29.2 Å². The summed E-state index contributed by atoms with van der Waals surface area (Å²) in [6.07, 6.45) is 3.88. The number of ether oxygens (including phenoxy) is 2. The van der Waals surface area contributed by atoms with E-state index in [1.807, 2.05) is 0 Å². The minimum Gasteiger partial charge on any atom is -0.469 e. The van der Waals surface area contributed by atoms with Crippen molar-refractivity contribution in [2.24, 2.45) is 5.92 Å². The number of nitrogens with zero attached hydrogens (tertiary/aromatic N) is 1. The standard InChI is InChI=1S/C18H20ClNO5/c1-24-18(23)14-8-10-20(11-9-14)16(21)12-25-17(22)7-6-13-4-2-3-5-15(13)19/h2-7,14H,8-12H2,1H3/b7-6+. The molecule has 0 unspecified atom stereocenters. The first-order chi connectivity index (χ1) is 12.0. The number of benzene rings is 1. The fraction of sp³-hybridized carbons (Fsp3) is 0.389. The number of carbonyl (C=O) groups is 3. The van der Waals surface area contributed by atoms with E-state index >= 15 is 0 Å². The van der Waals surface area contributed by atoms with Gasteiger partial charge in [0.15, 0.2) is 6.61 Å². The smallest absolute Gasteiger partial charge is 0.331 e. The molecular weight excluding hydrogens is 346 g/mol. The summed E-state index contributed by atoms with van der Waals surface area (Å²) < 4.78 is 9.67. The van der Waals surface area contributed by atoms with Gasteiger partial charge in [0, 0.05) is 24.2 Å². The quantitative estimate of drug-likeness (QED) is 0.591. The number of piperidine rings is 1. The van der Waals surface area contributed by atoms with Crippen LogP contribution in [-0.4, -0.2) is 49.6 Å². The summed E-state index contributed by atoms with van der Waals surface area (Å²) in [5.41, 5.74) is 0.692. The summed E-state index contributed by atoms with van der Waals surface area (Å²) in [5, 5.41) is 0.524. The van der Waals surface area contributed by atoms with Crippen LogP contribution in [0.5, 0.6) is 0 Å². The number of methoxy groups -OCH3 is 1. The van der Waals surface area contributed by atoms with Crippen LogP contribution < -0.4 is 0 Å². The first-order valence-corrected chi connectivity index (χ1v) is 8.34. The van der Waals surface area contributed by atoms with Crippen LogP contribution in [0.2, 0.25) is 5.02 Å². The Morgan fingerprint density at radius 1 is 1.24 bits per heavy atom. The van der Waals surface area contributed by atoms with E-state index < -0.39 is 5.97 Å². The van der Waals surface area contributed by atoms with E-state index in [0.29, 0.717) is 36.5 Å². The summed E-state index contributed by atoms with van der Waals surface area (Å²) in [6, 6.07) is 7.08. The first-order valence-electron chi connectivity index (χ1n) is 7.96. The van der Waals surface area contributed by atoms with E-state index in [1.165, 1.54) is 19.3 Å². The highest BCUT2D eigenvalue weighted by Crippen LogP contribution is 2.19. The molecule has 1 fully saturated rings. The van der Waals surface area contributed by atoms with Crippen molar-refractivity contribution in [3.63, 3.8) is 0 Å². The molecule has 0 aliphatic carbocycles.